The van der Waals surface area contributed by atoms with Crippen molar-refractivity contribution in [3.05, 3.63) is 27.9 Å². The van der Waals surface area contributed by atoms with E-state index in [0.29, 0.717) is 11.9 Å². The number of ether oxygens (including phenoxy) is 1. The van der Waals surface area contributed by atoms with Gasteiger partial charge in [0.15, 0.2) is 0 Å². The number of morpholine rings is 1. The van der Waals surface area contributed by atoms with Gasteiger partial charge in [-0.05, 0) is 25.3 Å². The van der Waals surface area contributed by atoms with Crippen molar-refractivity contribution in [2.45, 2.75) is 25.8 Å². The number of nitrogens with zero attached hydrogens (tertiary/aromatic N) is 4. The van der Waals surface area contributed by atoms with E-state index in [1.807, 2.05) is 6.92 Å². The van der Waals surface area contributed by atoms with Crippen molar-refractivity contribution in [1.29, 1.82) is 0 Å². The summed E-state index contributed by atoms with van der Waals surface area (Å²) in [5.74, 6) is 0.520. The van der Waals surface area contributed by atoms with Crippen molar-refractivity contribution in [2.24, 2.45) is 0 Å². The molecule has 3 rings (SSSR count). The monoisotopic (exact) mass is 306 g/mol. The Labute approximate surface area is 130 Å². The predicted octanol–water partition coefficient (Wildman–Crippen LogP) is 1.60. The van der Waals surface area contributed by atoms with Gasteiger partial charge in [-0.25, -0.2) is 4.98 Å². The highest BCUT2D eigenvalue weighted by Gasteiger charge is 2.32. The summed E-state index contributed by atoms with van der Waals surface area (Å²) < 4.78 is 5.38. The minimum Gasteiger partial charge on any atom is -0.379 e. The van der Waals surface area contributed by atoms with E-state index in [2.05, 4.69) is 14.8 Å². The number of anilines is 1. The summed E-state index contributed by atoms with van der Waals surface area (Å²) in [6, 6.07) is 1.92. The van der Waals surface area contributed by atoms with Crippen LogP contribution >= 0.6 is 0 Å². The van der Waals surface area contributed by atoms with E-state index in [0.717, 1.165) is 57.8 Å². The zero-order valence-electron chi connectivity index (χ0n) is 12.9. The molecule has 2 aliphatic heterocycles. The standard InChI is InChI=1S/C15H22N4O3/c1-12-9-14(19(20)21)15(16-10-12)18-4-2-3-13(18)11-17-5-7-22-8-6-17/h9-10,13H,2-8,11H2,1H3/t13-/m0/s1. The molecule has 3 heterocycles. The van der Waals surface area contributed by atoms with Crippen LogP contribution in [0.3, 0.4) is 0 Å². The van der Waals surface area contributed by atoms with Crippen molar-refractivity contribution in [2.75, 3.05) is 44.3 Å². The quantitative estimate of drug-likeness (QED) is 0.621. The molecule has 7 heteroatoms. The molecule has 1 atom stereocenters. The maximum Gasteiger partial charge on any atom is 0.311 e. The first-order chi connectivity index (χ1) is 10.6. The van der Waals surface area contributed by atoms with E-state index in [9.17, 15) is 10.1 Å². The van der Waals surface area contributed by atoms with E-state index in [-0.39, 0.29) is 10.6 Å². The van der Waals surface area contributed by atoms with Gasteiger partial charge in [0.05, 0.1) is 18.1 Å². The average Bonchev–Trinajstić information content (AvgIpc) is 2.96. The topological polar surface area (TPSA) is 71.7 Å². The Morgan fingerprint density at radius 2 is 2.18 bits per heavy atom. The lowest BCUT2D eigenvalue weighted by Gasteiger charge is -2.33. The molecular formula is C15H22N4O3. The molecule has 0 bridgehead atoms. The molecule has 0 spiro atoms. The molecule has 1 aromatic heterocycles. The summed E-state index contributed by atoms with van der Waals surface area (Å²) in [5.41, 5.74) is 0.938. The van der Waals surface area contributed by atoms with Crippen molar-refractivity contribution in [1.82, 2.24) is 9.88 Å². The molecule has 0 aromatic carbocycles. The van der Waals surface area contributed by atoms with Crippen LogP contribution in [0.25, 0.3) is 0 Å². The number of rotatable bonds is 4. The lowest BCUT2D eigenvalue weighted by Crippen LogP contribution is -2.45. The second-order valence-corrected chi connectivity index (χ2v) is 6.01. The second kappa shape index (κ2) is 6.58. The number of pyridine rings is 1. The molecular weight excluding hydrogens is 284 g/mol. The van der Waals surface area contributed by atoms with Crippen LogP contribution in [0.15, 0.2) is 12.3 Å². The highest BCUT2D eigenvalue weighted by Crippen LogP contribution is 2.32. The number of aromatic nitrogens is 1. The lowest BCUT2D eigenvalue weighted by molar-refractivity contribution is -0.384. The first-order valence-electron chi connectivity index (χ1n) is 7.83. The Balaban J connectivity index is 1.79. The Kier molecular flexibility index (Phi) is 4.54. The Bertz CT molecular complexity index is 546. The van der Waals surface area contributed by atoms with Gasteiger partial charge >= 0.3 is 5.69 Å². The molecule has 0 unspecified atom stereocenters. The Hall–Kier alpha value is -1.73. The number of hydrogen-bond donors (Lipinski definition) is 0. The summed E-state index contributed by atoms with van der Waals surface area (Å²) in [5, 5.41) is 11.3. The van der Waals surface area contributed by atoms with Gasteiger partial charge in [-0.3, -0.25) is 15.0 Å². The largest absolute Gasteiger partial charge is 0.379 e. The van der Waals surface area contributed by atoms with Crippen LogP contribution in [0.4, 0.5) is 11.5 Å². The molecule has 120 valence electrons. The minimum absolute atomic E-state index is 0.119. The van der Waals surface area contributed by atoms with Crippen molar-refractivity contribution in [3.8, 4) is 0 Å². The van der Waals surface area contributed by atoms with Crippen LogP contribution in [-0.4, -0.2) is 60.2 Å². The molecule has 0 aliphatic carbocycles. The van der Waals surface area contributed by atoms with Gasteiger partial charge in [-0.2, -0.15) is 0 Å². The van der Waals surface area contributed by atoms with Crippen molar-refractivity contribution in [3.63, 3.8) is 0 Å². The Morgan fingerprint density at radius 1 is 1.41 bits per heavy atom. The van der Waals surface area contributed by atoms with Crippen molar-refractivity contribution >= 4 is 11.5 Å². The molecule has 7 nitrogen and oxygen atoms in total. The zero-order valence-corrected chi connectivity index (χ0v) is 12.9. The van der Waals surface area contributed by atoms with Crippen LogP contribution in [0.2, 0.25) is 0 Å². The van der Waals surface area contributed by atoms with Gasteiger partial charge in [0, 0.05) is 44.5 Å². The zero-order chi connectivity index (χ0) is 15.5. The molecule has 1 aromatic rings. The van der Waals surface area contributed by atoms with Crippen LogP contribution < -0.4 is 4.90 Å². The molecule has 0 radical (unpaired) electrons. The van der Waals surface area contributed by atoms with Gasteiger partial charge in [0.1, 0.15) is 0 Å². The first-order valence-corrected chi connectivity index (χ1v) is 7.83. The molecule has 2 fully saturated rings. The normalized spacial score (nSPS) is 23.0. The number of nitro groups is 1. The minimum atomic E-state index is -0.320. The van der Waals surface area contributed by atoms with E-state index in [4.69, 9.17) is 4.74 Å². The Morgan fingerprint density at radius 3 is 2.91 bits per heavy atom. The third-order valence-electron chi connectivity index (χ3n) is 4.40. The maximum absolute atomic E-state index is 11.3. The second-order valence-electron chi connectivity index (χ2n) is 6.01. The van der Waals surface area contributed by atoms with Crippen molar-refractivity contribution < 1.29 is 9.66 Å². The van der Waals surface area contributed by atoms with Crippen LogP contribution in [-0.2, 0) is 4.74 Å². The molecule has 2 aliphatic rings. The molecule has 0 amide bonds. The SMILES string of the molecule is Cc1cnc(N2CCC[C@H]2CN2CCOCC2)c([N+](=O)[O-])c1. The summed E-state index contributed by atoms with van der Waals surface area (Å²) in [7, 11) is 0. The van der Waals surface area contributed by atoms with E-state index in [1.54, 1.807) is 12.3 Å². The maximum atomic E-state index is 11.3. The fraction of sp³-hybridized carbons (Fsp3) is 0.667. The molecule has 22 heavy (non-hydrogen) atoms. The van der Waals surface area contributed by atoms with Crippen LogP contribution in [0.5, 0.6) is 0 Å². The smallest absolute Gasteiger partial charge is 0.311 e. The molecule has 2 saturated heterocycles. The number of hydrogen-bond acceptors (Lipinski definition) is 6. The highest BCUT2D eigenvalue weighted by atomic mass is 16.6. The number of aryl methyl sites for hydroxylation is 1. The fourth-order valence-corrected chi connectivity index (χ4v) is 3.29. The summed E-state index contributed by atoms with van der Waals surface area (Å²) in [6.45, 7) is 7.02. The third-order valence-corrected chi connectivity index (χ3v) is 4.40. The summed E-state index contributed by atoms with van der Waals surface area (Å²) in [6.07, 6.45) is 3.83. The van der Waals surface area contributed by atoms with E-state index >= 15 is 0 Å². The van der Waals surface area contributed by atoms with Gasteiger partial charge in [0.25, 0.3) is 0 Å². The van der Waals surface area contributed by atoms with Gasteiger partial charge < -0.3 is 9.64 Å². The van der Waals surface area contributed by atoms with Gasteiger partial charge in [-0.15, -0.1) is 0 Å². The van der Waals surface area contributed by atoms with E-state index < -0.39 is 0 Å². The highest BCUT2D eigenvalue weighted by molar-refractivity contribution is 5.59. The van der Waals surface area contributed by atoms with Gasteiger partial charge in [0.2, 0.25) is 5.82 Å². The average molecular weight is 306 g/mol. The van der Waals surface area contributed by atoms with Gasteiger partial charge in [-0.1, -0.05) is 0 Å². The summed E-state index contributed by atoms with van der Waals surface area (Å²) in [4.78, 5) is 19.9. The molecule has 0 N–H and O–H groups in total. The fourth-order valence-electron chi connectivity index (χ4n) is 3.29. The molecule has 0 saturated carbocycles. The summed E-state index contributed by atoms with van der Waals surface area (Å²) >= 11 is 0. The van der Waals surface area contributed by atoms with Crippen LogP contribution in [0.1, 0.15) is 18.4 Å². The van der Waals surface area contributed by atoms with E-state index in [1.165, 1.54) is 0 Å². The predicted molar refractivity (Wildman–Crippen MR) is 83.3 cm³/mol. The lowest BCUT2D eigenvalue weighted by atomic mass is 10.2. The third kappa shape index (κ3) is 3.20. The van der Waals surface area contributed by atoms with Crippen LogP contribution in [0, 0.1) is 17.0 Å². The first kappa shape index (κ1) is 15.2.